The van der Waals surface area contributed by atoms with Crippen molar-refractivity contribution in [1.82, 2.24) is 14.9 Å². The number of carbonyl (C=O) groups is 1. The molecule has 150 valence electrons. The zero-order valence-corrected chi connectivity index (χ0v) is 17.0. The molecule has 1 aromatic heterocycles. The number of rotatable bonds is 3. The van der Waals surface area contributed by atoms with Gasteiger partial charge in [-0.1, -0.05) is 18.2 Å². The molecule has 2 heterocycles. The molecule has 0 spiro atoms. The SMILES string of the molecule is COc1nc2ccc(C)cc2nc1NC(=O)N1CCN(c2cccc(C)c2)CC1. The molecule has 2 aromatic carbocycles. The lowest BCUT2D eigenvalue weighted by Crippen LogP contribution is -2.50. The topological polar surface area (TPSA) is 70.6 Å². The second-order valence-corrected chi connectivity index (χ2v) is 7.32. The van der Waals surface area contributed by atoms with Gasteiger partial charge in [0.05, 0.1) is 18.1 Å². The maximum Gasteiger partial charge on any atom is 0.323 e. The molecule has 0 atom stereocenters. The van der Waals surface area contributed by atoms with Crippen molar-refractivity contribution in [2.75, 3.05) is 43.5 Å². The van der Waals surface area contributed by atoms with Crippen molar-refractivity contribution in [3.8, 4) is 5.88 Å². The quantitative estimate of drug-likeness (QED) is 0.739. The van der Waals surface area contributed by atoms with Crippen LogP contribution in [0.4, 0.5) is 16.3 Å². The lowest BCUT2D eigenvalue weighted by Gasteiger charge is -2.36. The molecule has 0 aliphatic carbocycles. The third-order valence-electron chi connectivity index (χ3n) is 5.14. The minimum absolute atomic E-state index is 0.187. The number of nitrogens with zero attached hydrogens (tertiary/aromatic N) is 4. The van der Waals surface area contributed by atoms with Crippen LogP contribution in [0.5, 0.6) is 5.88 Å². The van der Waals surface area contributed by atoms with Gasteiger partial charge in [-0.25, -0.2) is 14.8 Å². The van der Waals surface area contributed by atoms with Gasteiger partial charge >= 0.3 is 6.03 Å². The van der Waals surface area contributed by atoms with Crippen LogP contribution in [0, 0.1) is 13.8 Å². The van der Waals surface area contributed by atoms with Gasteiger partial charge in [-0.05, 0) is 49.2 Å². The molecule has 1 aliphatic heterocycles. The standard InChI is InChI=1S/C22H25N5O2/c1-15-5-4-6-17(13-15)26-9-11-27(12-10-26)22(28)25-20-21(29-3)24-18-8-7-16(2)14-19(18)23-20/h4-8,13-14H,9-12H2,1-3H3,(H,23,25,28). The Morgan fingerprint density at radius 2 is 1.72 bits per heavy atom. The number of urea groups is 1. The summed E-state index contributed by atoms with van der Waals surface area (Å²) in [6.07, 6.45) is 0. The van der Waals surface area contributed by atoms with Gasteiger partial charge in [0.15, 0.2) is 5.82 Å². The van der Waals surface area contributed by atoms with Gasteiger partial charge in [-0.3, -0.25) is 5.32 Å². The fraction of sp³-hybridized carbons (Fsp3) is 0.318. The zero-order chi connectivity index (χ0) is 20.4. The van der Waals surface area contributed by atoms with E-state index in [9.17, 15) is 4.79 Å². The first-order chi connectivity index (χ1) is 14.0. The number of methoxy groups -OCH3 is 1. The lowest BCUT2D eigenvalue weighted by atomic mass is 10.2. The fourth-order valence-corrected chi connectivity index (χ4v) is 3.54. The average Bonchev–Trinajstić information content (AvgIpc) is 2.73. The van der Waals surface area contributed by atoms with E-state index in [2.05, 4.69) is 51.4 Å². The maximum atomic E-state index is 12.8. The molecule has 7 nitrogen and oxygen atoms in total. The first-order valence-electron chi connectivity index (χ1n) is 9.73. The molecule has 7 heteroatoms. The first-order valence-corrected chi connectivity index (χ1v) is 9.73. The molecule has 0 unspecified atom stereocenters. The molecular formula is C22H25N5O2. The number of fused-ring (bicyclic) bond motifs is 1. The van der Waals surface area contributed by atoms with Crippen LogP contribution in [-0.2, 0) is 0 Å². The van der Waals surface area contributed by atoms with Crippen LogP contribution in [0.15, 0.2) is 42.5 Å². The van der Waals surface area contributed by atoms with Gasteiger partial charge in [0.25, 0.3) is 5.88 Å². The van der Waals surface area contributed by atoms with Gasteiger partial charge in [0, 0.05) is 31.9 Å². The van der Waals surface area contributed by atoms with E-state index in [0.717, 1.165) is 29.7 Å². The second-order valence-electron chi connectivity index (χ2n) is 7.32. The molecule has 1 aliphatic rings. The number of hydrogen-bond acceptors (Lipinski definition) is 5. The summed E-state index contributed by atoms with van der Waals surface area (Å²) in [5.41, 5.74) is 4.98. The van der Waals surface area contributed by atoms with E-state index in [0.29, 0.717) is 24.8 Å². The third kappa shape index (κ3) is 4.08. The Kier molecular flexibility index (Phi) is 5.20. The summed E-state index contributed by atoms with van der Waals surface area (Å²) in [6.45, 7) is 6.95. The van der Waals surface area contributed by atoms with E-state index in [1.165, 1.54) is 18.4 Å². The molecule has 29 heavy (non-hydrogen) atoms. The molecule has 0 bridgehead atoms. The van der Waals surface area contributed by atoms with E-state index < -0.39 is 0 Å². The van der Waals surface area contributed by atoms with Gasteiger partial charge in [-0.2, -0.15) is 0 Å². The highest BCUT2D eigenvalue weighted by atomic mass is 16.5. The number of nitrogens with one attached hydrogen (secondary N) is 1. The average molecular weight is 391 g/mol. The number of anilines is 2. The summed E-state index contributed by atoms with van der Waals surface area (Å²) in [4.78, 5) is 25.9. The highest BCUT2D eigenvalue weighted by Crippen LogP contribution is 2.24. The Morgan fingerprint density at radius 3 is 2.45 bits per heavy atom. The van der Waals surface area contributed by atoms with Crippen molar-refractivity contribution in [2.24, 2.45) is 0 Å². The first kappa shape index (κ1) is 19.0. The molecule has 0 saturated carbocycles. The van der Waals surface area contributed by atoms with E-state index in [4.69, 9.17) is 4.74 Å². The summed E-state index contributed by atoms with van der Waals surface area (Å²) in [7, 11) is 1.53. The van der Waals surface area contributed by atoms with Crippen LogP contribution in [0.25, 0.3) is 11.0 Å². The lowest BCUT2D eigenvalue weighted by molar-refractivity contribution is 0.208. The van der Waals surface area contributed by atoms with Gasteiger partial charge in [-0.15, -0.1) is 0 Å². The summed E-state index contributed by atoms with van der Waals surface area (Å²) in [6, 6.07) is 14.1. The maximum absolute atomic E-state index is 12.8. The van der Waals surface area contributed by atoms with Gasteiger partial charge in [0.1, 0.15) is 0 Å². The second kappa shape index (κ2) is 7.95. The van der Waals surface area contributed by atoms with Gasteiger partial charge < -0.3 is 14.5 Å². The van der Waals surface area contributed by atoms with Crippen molar-refractivity contribution >= 4 is 28.6 Å². The van der Waals surface area contributed by atoms with Crippen molar-refractivity contribution in [1.29, 1.82) is 0 Å². The summed E-state index contributed by atoms with van der Waals surface area (Å²) in [5, 5.41) is 2.88. The van der Waals surface area contributed by atoms with Crippen LogP contribution < -0.4 is 15.0 Å². The number of aryl methyl sites for hydroxylation is 2. The number of hydrogen-bond donors (Lipinski definition) is 1. The number of ether oxygens (including phenoxy) is 1. The van der Waals surface area contributed by atoms with Crippen LogP contribution in [0.1, 0.15) is 11.1 Å². The summed E-state index contributed by atoms with van der Waals surface area (Å²) < 4.78 is 5.34. The number of piperazine rings is 1. The highest BCUT2D eigenvalue weighted by Gasteiger charge is 2.23. The van der Waals surface area contributed by atoms with Crippen molar-refractivity contribution < 1.29 is 9.53 Å². The Labute approximate surface area is 170 Å². The van der Waals surface area contributed by atoms with E-state index in [1.807, 2.05) is 25.1 Å². The Bertz CT molecular complexity index is 1040. The molecule has 3 aromatic rings. The fourth-order valence-electron chi connectivity index (χ4n) is 3.54. The minimum Gasteiger partial charge on any atom is -0.478 e. The van der Waals surface area contributed by atoms with Crippen LogP contribution >= 0.6 is 0 Å². The number of benzene rings is 2. The predicted octanol–water partition coefficient (Wildman–Crippen LogP) is 3.61. The largest absolute Gasteiger partial charge is 0.478 e. The minimum atomic E-state index is -0.187. The smallest absolute Gasteiger partial charge is 0.323 e. The third-order valence-corrected chi connectivity index (χ3v) is 5.14. The molecule has 1 N–H and O–H groups in total. The number of aromatic nitrogens is 2. The molecular weight excluding hydrogens is 366 g/mol. The number of carbonyl (C=O) groups excluding carboxylic acids is 1. The van der Waals surface area contributed by atoms with Crippen molar-refractivity contribution in [3.05, 3.63) is 53.6 Å². The van der Waals surface area contributed by atoms with Crippen LogP contribution in [0.3, 0.4) is 0 Å². The number of amides is 2. The van der Waals surface area contributed by atoms with E-state index >= 15 is 0 Å². The monoisotopic (exact) mass is 391 g/mol. The highest BCUT2D eigenvalue weighted by molar-refractivity contribution is 5.91. The van der Waals surface area contributed by atoms with Crippen molar-refractivity contribution in [2.45, 2.75) is 13.8 Å². The molecule has 0 radical (unpaired) electrons. The Balaban J connectivity index is 1.46. The molecule has 1 saturated heterocycles. The zero-order valence-electron chi connectivity index (χ0n) is 17.0. The summed E-state index contributed by atoms with van der Waals surface area (Å²) in [5.74, 6) is 0.657. The van der Waals surface area contributed by atoms with Crippen molar-refractivity contribution in [3.63, 3.8) is 0 Å². The van der Waals surface area contributed by atoms with E-state index in [-0.39, 0.29) is 6.03 Å². The predicted molar refractivity (Wildman–Crippen MR) is 115 cm³/mol. The molecule has 2 amide bonds. The Morgan fingerprint density at radius 1 is 0.966 bits per heavy atom. The summed E-state index contributed by atoms with van der Waals surface area (Å²) >= 11 is 0. The van der Waals surface area contributed by atoms with Crippen LogP contribution in [0.2, 0.25) is 0 Å². The van der Waals surface area contributed by atoms with Gasteiger partial charge in [0.2, 0.25) is 0 Å². The normalized spacial score (nSPS) is 14.2. The van der Waals surface area contributed by atoms with E-state index in [1.54, 1.807) is 4.90 Å². The Hall–Kier alpha value is -3.35. The molecule has 1 fully saturated rings. The van der Waals surface area contributed by atoms with Crippen LogP contribution in [-0.4, -0.2) is 54.2 Å². The molecule has 4 rings (SSSR count).